The van der Waals surface area contributed by atoms with Crippen LogP contribution in [0.25, 0.3) is 0 Å². The molecular weight excluding hydrogens is 825 g/mol. The molecule has 0 aromatic heterocycles. The lowest BCUT2D eigenvalue weighted by Crippen LogP contribution is -2.28. The monoisotopic (exact) mass is 935 g/mol. The zero-order valence-electron chi connectivity index (χ0n) is 44.4. The third kappa shape index (κ3) is 55.8. The number of esters is 2. The lowest BCUT2D eigenvalue weighted by atomic mass is 10.0. The Morgan fingerprint density at radius 2 is 0.642 bits per heavy atom. The van der Waals surface area contributed by atoms with Gasteiger partial charge < -0.3 is 14.6 Å². The first-order valence-corrected chi connectivity index (χ1v) is 29.0. The highest BCUT2D eigenvalue weighted by molar-refractivity contribution is 5.70. The number of ether oxygens (including phenoxy) is 2. The first-order chi connectivity index (χ1) is 33.1. The van der Waals surface area contributed by atoms with Crippen molar-refractivity contribution in [2.75, 3.05) is 13.2 Å². The highest BCUT2D eigenvalue weighted by Gasteiger charge is 2.16. The van der Waals surface area contributed by atoms with E-state index in [2.05, 4.69) is 86.8 Å². The van der Waals surface area contributed by atoms with E-state index in [0.29, 0.717) is 12.8 Å². The van der Waals surface area contributed by atoms with Crippen molar-refractivity contribution in [2.45, 2.75) is 296 Å². The van der Waals surface area contributed by atoms with Gasteiger partial charge in [-0.15, -0.1) is 0 Å². The van der Waals surface area contributed by atoms with Crippen LogP contribution in [0.3, 0.4) is 0 Å². The van der Waals surface area contributed by atoms with E-state index in [1.54, 1.807) is 0 Å². The molecule has 0 amide bonds. The molecule has 67 heavy (non-hydrogen) atoms. The van der Waals surface area contributed by atoms with Crippen molar-refractivity contribution in [3.8, 4) is 0 Å². The Kier molecular flexibility index (Phi) is 55.4. The van der Waals surface area contributed by atoms with Crippen LogP contribution in [0.1, 0.15) is 290 Å². The van der Waals surface area contributed by atoms with Gasteiger partial charge in [0.1, 0.15) is 6.61 Å². The molecule has 0 aliphatic heterocycles. The van der Waals surface area contributed by atoms with E-state index in [0.717, 1.165) is 83.5 Å². The number of allylic oxidation sites excluding steroid dienone is 12. The maximum absolute atomic E-state index is 12.3. The summed E-state index contributed by atoms with van der Waals surface area (Å²) >= 11 is 0. The van der Waals surface area contributed by atoms with Crippen LogP contribution in [-0.4, -0.2) is 36.4 Å². The van der Waals surface area contributed by atoms with Gasteiger partial charge in [0.05, 0.1) is 6.61 Å². The molecule has 1 N–H and O–H groups in total. The number of carbonyl (C=O) groups is 2. The average Bonchev–Trinajstić information content (AvgIpc) is 3.33. The molecule has 5 nitrogen and oxygen atoms in total. The Morgan fingerprint density at radius 1 is 0.358 bits per heavy atom. The Hall–Kier alpha value is -2.66. The number of aliphatic hydroxyl groups excluding tert-OH is 1. The normalized spacial score (nSPS) is 12.7. The molecule has 1 atom stereocenters. The topological polar surface area (TPSA) is 72.8 Å². The van der Waals surface area contributed by atoms with Crippen molar-refractivity contribution in [3.63, 3.8) is 0 Å². The Morgan fingerprint density at radius 3 is 0.970 bits per heavy atom. The van der Waals surface area contributed by atoms with Crippen molar-refractivity contribution in [3.05, 3.63) is 72.9 Å². The van der Waals surface area contributed by atoms with Crippen LogP contribution < -0.4 is 0 Å². The summed E-state index contributed by atoms with van der Waals surface area (Å²) in [4.78, 5) is 24.5. The van der Waals surface area contributed by atoms with E-state index in [1.807, 2.05) is 0 Å². The van der Waals surface area contributed by atoms with Crippen LogP contribution in [-0.2, 0) is 19.1 Å². The van der Waals surface area contributed by atoms with Crippen LogP contribution in [0.2, 0.25) is 0 Å². The second-order valence-corrected chi connectivity index (χ2v) is 19.3. The van der Waals surface area contributed by atoms with E-state index in [-0.39, 0.29) is 25.2 Å². The Bertz CT molecular complexity index is 1190. The van der Waals surface area contributed by atoms with Gasteiger partial charge in [-0.3, -0.25) is 9.59 Å². The number of unbranched alkanes of at least 4 members (excludes halogenated alkanes) is 33. The SMILES string of the molecule is CC/C=C\C/C=C\C/C=C\C/C=C\C/C=C\C/C=C\CCCCCCCCCCC(=O)OC(CO)COC(=O)CCCCCCCCCCCCCCCCCCCCCCCCCCCC. The smallest absolute Gasteiger partial charge is 0.306 e. The molecule has 0 saturated heterocycles. The summed E-state index contributed by atoms with van der Waals surface area (Å²) in [5.74, 6) is -0.590. The molecule has 0 radical (unpaired) electrons. The minimum absolute atomic E-state index is 0.0688. The minimum atomic E-state index is -0.779. The fraction of sp³-hybridized carbons (Fsp3) is 0.774. The molecular formula is C62H110O5. The maximum Gasteiger partial charge on any atom is 0.306 e. The summed E-state index contributed by atoms with van der Waals surface area (Å²) in [5.41, 5.74) is 0. The molecule has 388 valence electrons. The van der Waals surface area contributed by atoms with Gasteiger partial charge in [-0.2, -0.15) is 0 Å². The zero-order chi connectivity index (χ0) is 48.5. The maximum atomic E-state index is 12.3. The summed E-state index contributed by atoms with van der Waals surface area (Å²) in [7, 11) is 0. The molecule has 1 unspecified atom stereocenters. The summed E-state index contributed by atoms with van der Waals surface area (Å²) in [6.07, 6.45) is 78.8. The van der Waals surface area contributed by atoms with E-state index in [9.17, 15) is 14.7 Å². The molecule has 5 heteroatoms. The molecule has 0 aromatic carbocycles. The van der Waals surface area contributed by atoms with Crippen LogP contribution >= 0.6 is 0 Å². The van der Waals surface area contributed by atoms with Gasteiger partial charge in [-0.25, -0.2) is 0 Å². The molecule has 0 saturated carbocycles. The molecule has 0 rings (SSSR count). The quantitative estimate of drug-likeness (QED) is 0.0374. The van der Waals surface area contributed by atoms with E-state index >= 15 is 0 Å². The molecule has 0 aromatic rings. The average molecular weight is 936 g/mol. The van der Waals surface area contributed by atoms with Crippen molar-refractivity contribution < 1.29 is 24.2 Å². The van der Waals surface area contributed by atoms with Crippen molar-refractivity contribution in [1.29, 1.82) is 0 Å². The van der Waals surface area contributed by atoms with Crippen molar-refractivity contribution in [1.82, 2.24) is 0 Å². The first kappa shape index (κ1) is 64.3. The number of hydrogen-bond donors (Lipinski definition) is 1. The van der Waals surface area contributed by atoms with E-state index < -0.39 is 6.10 Å². The summed E-state index contributed by atoms with van der Waals surface area (Å²) in [6.45, 7) is 4.05. The van der Waals surface area contributed by atoms with Gasteiger partial charge >= 0.3 is 11.9 Å². The first-order valence-electron chi connectivity index (χ1n) is 29.0. The van der Waals surface area contributed by atoms with Crippen LogP contribution in [0, 0.1) is 0 Å². The molecule has 0 spiro atoms. The number of carbonyl (C=O) groups excluding carboxylic acids is 2. The fourth-order valence-electron chi connectivity index (χ4n) is 8.44. The highest BCUT2D eigenvalue weighted by Crippen LogP contribution is 2.17. The minimum Gasteiger partial charge on any atom is -0.462 e. The molecule has 0 aliphatic carbocycles. The van der Waals surface area contributed by atoms with Gasteiger partial charge in [-0.1, -0.05) is 286 Å². The van der Waals surface area contributed by atoms with Crippen LogP contribution in [0.15, 0.2) is 72.9 Å². The van der Waals surface area contributed by atoms with Gasteiger partial charge in [0, 0.05) is 12.8 Å². The highest BCUT2D eigenvalue weighted by atomic mass is 16.6. The number of hydrogen-bond acceptors (Lipinski definition) is 5. The molecule has 0 aliphatic rings. The lowest BCUT2D eigenvalue weighted by Gasteiger charge is -2.15. The second-order valence-electron chi connectivity index (χ2n) is 19.3. The van der Waals surface area contributed by atoms with Gasteiger partial charge in [-0.05, 0) is 64.2 Å². The third-order valence-corrected chi connectivity index (χ3v) is 12.8. The fourth-order valence-corrected chi connectivity index (χ4v) is 8.44. The molecule has 0 bridgehead atoms. The van der Waals surface area contributed by atoms with Crippen molar-refractivity contribution in [2.24, 2.45) is 0 Å². The summed E-state index contributed by atoms with van der Waals surface area (Å²) in [5, 5.41) is 9.66. The van der Waals surface area contributed by atoms with Gasteiger partial charge in [0.2, 0.25) is 0 Å². The standard InChI is InChI=1S/C62H110O5/c1-3-5-7-9-11-13-15-17-19-21-23-25-27-29-31-33-35-37-39-41-43-45-47-49-51-53-55-57-62(65)67-60(58-63)59-66-61(64)56-54-52-50-48-46-44-42-40-38-36-34-32-30-28-26-24-22-20-18-16-14-12-10-8-6-4-2/h5,7,11,13,17,19,23,25,29,31,35,37,60,63H,3-4,6,8-10,12,14-16,18,20-22,24,26-28,30,32-34,36,38-59H2,1-2H3/b7-5-,13-11-,19-17-,25-23-,31-29-,37-35-. The van der Waals surface area contributed by atoms with E-state index in [4.69, 9.17) is 9.47 Å². The van der Waals surface area contributed by atoms with Gasteiger partial charge in [0.15, 0.2) is 6.10 Å². The van der Waals surface area contributed by atoms with E-state index in [1.165, 1.54) is 180 Å². The number of aliphatic hydroxyl groups is 1. The molecule has 0 heterocycles. The predicted octanol–water partition coefficient (Wildman–Crippen LogP) is 19.6. The largest absolute Gasteiger partial charge is 0.462 e. The molecule has 0 fully saturated rings. The third-order valence-electron chi connectivity index (χ3n) is 12.8. The number of rotatable bonds is 53. The summed E-state index contributed by atoms with van der Waals surface area (Å²) in [6, 6.07) is 0. The zero-order valence-corrected chi connectivity index (χ0v) is 44.4. The lowest BCUT2D eigenvalue weighted by molar-refractivity contribution is -0.161. The second kappa shape index (κ2) is 57.7. The predicted molar refractivity (Wildman–Crippen MR) is 293 cm³/mol. The Balaban J connectivity index is 3.49. The summed E-state index contributed by atoms with van der Waals surface area (Å²) < 4.78 is 10.7. The van der Waals surface area contributed by atoms with Crippen LogP contribution in [0.5, 0.6) is 0 Å². The Labute approximate surface area is 416 Å². The van der Waals surface area contributed by atoms with Crippen molar-refractivity contribution >= 4 is 11.9 Å². The van der Waals surface area contributed by atoms with Gasteiger partial charge in [0.25, 0.3) is 0 Å². The van der Waals surface area contributed by atoms with Crippen LogP contribution in [0.4, 0.5) is 0 Å².